The largest absolute Gasteiger partial charge is 0.378 e. The first kappa shape index (κ1) is 20.5. The molecule has 0 heterocycles. The van der Waals surface area contributed by atoms with E-state index in [2.05, 4.69) is 19.2 Å². The lowest BCUT2D eigenvalue weighted by atomic mass is 10.3. The summed E-state index contributed by atoms with van der Waals surface area (Å²) in [5.41, 5.74) is 0. The third kappa shape index (κ3) is 17.4. The molecule has 0 radical (unpaired) electrons. The number of carbonyl (C=O) groups is 1. The van der Waals surface area contributed by atoms with Crippen molar-refractivity contribution < 1.29 is 25.2 Å². The highest BCUT2D eigenvalue weighted by Crippen LogP contribution is 1.85. The third-order valence-electron chi connectivity index (χ3n) is 2.57. The molecule has 0 saturated carbocycles. The van der Waals surface area contributed by atoms with E-state index in [-0.39, 0.29) is 13.8 Å². The van der Waals surface area contributed by atoms with Crippen LogP contribution in [0.15, 0.2) is 0 Å². The number of carbonyl (C=O) groups excluding carboxylic acids is 1. The molecule has 0 bridgehead atoms. The molecule has 21 heavy (non-hydrogen) atoms. The van der Waals surface area contributed by atoms with Gasteiger partial charge in [-0.2, -0.15) is 0 Å². The molecule has 0 spiro atoms. The van der Waals surface area contributed by atoms with E-state index in [1.54, 1.807) is 0 Å². The lowest BCUT2D eigenvalue weighted by molar-refractivity contribution is -0.123. The van der Waals surface area contributed by atoms with Crippen LogP contribution in [0.3, 0.4) is 0 Å². The van der Waals surface area contributed by atoms with Crippen LogP contribution in [0.2, 0.25) is 0 Å². The molecule has 128 valence electrons. The van der Waals surface area contributed by atoms with E-state index >= 15 is 0 Å². The van der Waals surface area contributed by atoms with Crippen molar-refractivity contribution in [3.05, 3.63) is 0 Å². The van der Waals surface area contributed by atoms with Crippen molar-refractivity contribution in [3.8, 4) is 0 Å². The van der Waals surface area contributed by atoms with Gasteiger partial charge in [-0.05, 0) is 0 Å². The van der Waals surface area contributed by atoms with Crippen LogP contribution < -0.4 is 5.32 Å². The van der Waals surface area contributed by atoms with Gasteiger partial charge in [-0.25, -0.2) is 0 Å². The Balaban J connectivity index is 0. The molecule has 6 heteroatoms. The Labute approximate surface area is 129 Å². The van der Waals surface area contributed by atoms with Gasteiger partial charge in [-0.1, -0.05) is 20.8 Å². The van der Waals surface area contributed by atoms with Gasteiger partial charge < -0.3 is 24.3 Å². The van der Waals surface area contributed by atoms with Gasteiger partial charge in [0.1, 0.15) is 6.61 Å². The topological polar surface area (TPSA) is 66.0 Å². The highest BCUT2D eigenvalue weighted by atomic mass is 16.6. The molecule has 0 unspecified atom stereocenters. The molecule has 0 aromatic rings. The number of rotatable bonds is 16. The number of ketones is 1. The average molecular weight is 307 g/mol. The Morgan fingerprint density at radius 3 is 1.86 bits per heavy atom. The summed E-state index contributed by atoms with van der Waals surface area (Å²) in [6, 6.07) is 0.492. The van der Waals surface area contributed by atoms with Gasteiger partial charge in [0, 0.05) is 20.4 Å². The molecule has 0 amide bonds. The highest BCUT2D eigenvalue weighted by Gasteiger charge is 1.97. The third-order valence-corrected chi connectivity index (χ3v) is 2.57. The molecule has 6 nitrogen and oxygen atoms in total. The summed E-state index contributed by atoms with van der Waals surface area (Å²) < 4.78 is 21.2. The second kappa shape index (κ2) is 15.9. The van der Waals surface area contributed by atoms with Gasteiger partial charge in [0.15, 0.2) is 5.78 Å². The molecule has 0 atom stereocenters. The zero-order valence-corrected chi connectivity index (χ0v) is 13.7. The van der Waals surface area contributed by atoms with Crippen molar-refractivity contribution >= 4 is 5.78 Å². The van der Waals surface area contributed by atoms with Crippen LogP contribution in [-0.2, 0) is 23.7 Å². The van der Waals surface area contributed by atoms with Crippen LogP contribution in [-0.4, -0.2) is 71.2 Å². The maximum atomic E-state index is 10.9. The normalized spacial score (nSPS) is 11.2. The van der Waals surface area contributed by atoms with Crippen molar-refractivity contribution in [2.24, 2.45) is 0 Å². The van der Waals surface area contributed by atoms with E-state index in [4.69, 9.17) is 18.9 Å². The first-order valence-corrected chi connectivity index (χ1v) is 7.72. The van der Waals surface area contributed by atoms with E-state index in [9.17, 15) is 4.79 Å². The molecule has 0 aliphatic carbocycles. The summed E-state index contributed by atoms with van der Waals surface area (Å²) in [5.74, 6) is 0.113. The van der Waals surface area contributed by atoms with Crippen LogP contribution in [0.5, 0.6) is 0 Å². The molecule has 0 aliphatic heterocycles. The van der Waals surface area contributed by atoms with Crippen molar-refractivity contribution in [3.63, 3.8) is 0 Å². The zero-order chi connectivity index (χ0) is 15.8. The van der Waals surface area contributed by atoms with Crippen LogP contribution in [0.1, 0.15) is 28.6 Å². The molecule has 0 rings (SSSR count). The molecule has 0 aliphatic rings. The second-order valence-electron chi connectivity index (χ2n) is 4.89. The highest BCUT2D eigenvalue weighted by molar-refractivity contribution is 5.79. The van der Waals surface area contributed by atoms with Crippen molar-refractivity contribution in [1.29, 1.82) is 0 Å². The van der Waals surface area contributed by atoms with Crippen LogP contribution in [0.4, 0.5) is 0 Å². The Hall–Kier alpha value is -0.530. The molecule has 0 saturated heterocycles. The number of ether oxygens (including phenoxy) is 4. The fraction of sp³-hybridized carbons (Fsp3) is 0.933. The SMILES string of the molecule is CCC(=O)COCCOCCOCCOCCNC(C)C.[HH]. The van der Waals surface area contributed by atoms with Gasteiger partial charge in [0.05, 0.1) is 46.2 Å². The van der Waals surface area contributed by atoms with E-state index in [0.717, 1.165) is 6.54 Å². The standard InChI is InChI=1S/C15H31NO5.H2/c1-4-15(17)13-21-12-11-20-10-9-19-8-7-18-6-5-16-14(2)3;/h14,16H,4-13H2,1-3H3;1H. The summed E-state index contributed by atoms with van der Waals surface area (Å²) in [6.45, 7) is 11.0. The van der Waals surface area contributed by atoms with E-state index < -0.39 is 0 Å². The second-order valence-corrected chi connectivity index (χ2v) is 4.89. The van der Waals surface area contributed by atoms with Crippen LogP contribution in [0, 0.1) is 0 Å². The summed E-state index contributed by atoms with van der Waals surface area (Å²) in [7, 11) is 0. The smallest absolute Gasteiger partial charge is 0.158 e. The van der Waals surface area contributed by atoms with Crippen LogP contribution in [0.25, 0.3) is 0 Å². The number of nitrogens with one attached hydrogen (secondary N) is 1. The Bertz CT molecular complexity index is 242. The fourth-order valence-corrected chi connectivity index (χ4v) is 1.37. The minimum Gasteiger partial charge on any atom is -0.378 e. The Kier molecular flexibility index (Phi) is 15.5. The first-order valence-electron chi connectivity index (χ1n) is 7.72. The van der Waals surface area contributed by atoms with Gasteiger partial charge >= 0.3 is 0 Å². The summed E-state index contributed by atoms with van der Waals surface area (Å²) in [4.78, 5) is 10.9. The molecule has 1 N–H and O–H groups in total. The molecule has 0 fully saturated rings. The minimum absolute atomic E-state index is 0. The van der Waals surface area contributed by atoms with Crippen molar-refractivity contribution in [2.45, 2.75) is 33.2 Å². The number of Topliss-reactive ketones (excluding diaryl/α,β-unsaturated/α-hetero) is 1. The monoisotopic (exact) mass is 307 g/mol. The molecular formula is C15H33NO5. The maximum Gasteiger partial charge on any atom is 0.158 e. The van der Waals surface area contributed by atoms with Crippen molar-refractivity contribution in [1.82, 2.24) is 5.32 Å². The van der Waals surface area contributed by atoms with Gasteiger partial charge in [-0.3, -0.25) is 4.79 Å². The van der Waals surface area contributed by atoms with Crippen LogP contribution >= 0.6 is 0 Å². The lowest BCUT2D eigenvalue weighted by Gasteiger charge is -2.09. The average Bonchev–Trinajstić information content (AvgIpc) is 2.46. The molecule has 0 aromatic carbocycles. The van der Waals surface area contributed by atoms with Gasteiger partial charge in [0.2, 0.25) is 0 Å². The maximum absolute atomic E-state index is 10.9. The fourth-order valence-electron chi connectivity index (χ4n) is 1.37. The Morgan fingerprint density at radius 1 is 0.905 bits per heavy atom. The predicted octanol–water partition coefficient (Wildman–Crippen LogP) is 1.28. The Morgan fingerprint density at radius 2 is 1.38 bits per heavy atom. The first-order chi connectivity index (χ1) is 10.2. The predicted molar refractivity (Wildman–Crippen MR) is 83.8 cm³/mol. The zero-order valence-electron chi connectivity index (χ0n) is 13.7. The van der Waals surface area contributed by atoms with Gasteiger partial charge in [0.25, 0.3) is 0 Å². The van der Waals surface area contributed by atoms with E-state index in [0.29, 0.717) is 58.7 Å². The quantitative estimate of drug-likeness (QED) is 0.433. The minimum atomic E-state index is 0. The van der Waals surface area contributed by atoms with Crippen molar-refractivity contribution in [2.75, 3.05) is 59.4 Å². The van der Waals surface area contributed by atoms with E-state index in [1.165, 1.54) is 0 Å². The summed E-state index contributed by atoms with van der Waals surface area (Å²) >= 11 is 0. The summed E-state index contributed by atoms with van der Waals surface area (Å²) in [6.07, 6.45) is 0.518. The summed E-state index contributed by atoms with van der Waals surface area (Å²) in [5, 5.41) is 3.27. The molecular weight excluding hydrogens is 274 g/mol. The number of hydrogen-bond acceptors (Lipinski definition) is 6. The van der Waals surface area contributed by atoms with E-state index in [1.807, 2.05) is 6.92 Å². The van der Waals surface area contributed by atoms with Gasteiger partial charge in [-0.15, -0.1) is 0 Å². The molecule has 0 aromatic heterocycles. The lowest BCUT2D eigenvalue weighted by Crippen LogP contribution is -2.27. The number of hydrogen-bond donors (Lipinski definition) is 1.